The van der Waals surface area contributed by atoms with Crippen molar-refractivity contribution in [2.24, 2.45) is 0 Å². The fraction of sp³-hybridized carbons (Fsp3) is 0.273. The number of benzene rings is 2. The van der Waals surface area contributed by atoms with E-state index in [0.717, 1.165) is 24.0 Å². The Morgan fingerprint density at radius 3 is 2.62 bits per heavy atom. The van der Waals surface area contributed by atoms with Crippen molar-refractivity contribution < 1.29 is 19.2 Å². The van der Waals surface area contributed by atoms with Crippen LogP contribution in [0, 0.1) is 0 Å². The maximum Gasteiger partial charge on any atom is 0.326 e. The van der Waals surface area contributed by atoms with Crippen LogP contribution in [0.1, 0.15) is 46.1 Å². The minimum Gasteiger partial charge on any atom is -0.480 e. The van der Waals surface area contributed by atoms with Crippen molar-refractivity contribution in [3.63, 3.8) is 0 Å². The number of amides is 1. The molecule has 2 aromatic carbocycles. The Balaban J connectivity index is 1.45. The van der Waals surface area contributed by atoms with Gasteiger partial charge in [-0.3, -0.25) is 4.79 Å². The maximum atomic E-state index is 13.2. The standard InChI is InChI=1S/C22H19N3O4/c26-21(25-12-17-5-2-1-4-14(17)11-18(25)22(27)28)16-7-3-6-15(10-16)19-23-20(29-24-19)13-8-9-13/h1-7,10,13,18H,8-9,11-12H2,(H,27,28). The normalized spacial score (nSPS) is 18.3. The Bertz CT molecular complexity index is 1100. The molecule has 5 rings (SSSR count). The van der Waals surface area contributed by atoms with Crippen LogP contribution in [0.15, 0.2) is 53.1 Å². The summed E-state index contributed by atoms with van der Waals surface area (Å²) in [5.74, 6) is 0.109. The van der Waals surface area contributed by atoms with Crippen LogP contribution in [0.2, 0.25) is 0 Å². The molecule has 1 amide bonds. The predicted octanol–water partition coefficient (Wildman–Crippen LogP) is 3.27. The highest BCUT2D eigenvalue weighted by Gasteiger charge is 2.35. The number of fused-ring (bicyclic) bond motifs is 1. The molecule has 1 N–H and O–H groups in total. The second-order valence-electron chi connectivity index (χ2n) is 7.57. The molecule has 1 atom stereocenters. The Morgan fingerprint density at radius 1 is 1.07 bits per heavy atom. The maximum absolute atomic E-state index is 13.2. The first-order chi connectivity index (χ1) is 14.1. The van der Waals surface area contributed by atoms with Crippen molar-refractivity contribution in [2.75, 3.05) is 0 Å². The van der Waals surface area contributed by atoms with Crippen LogP contribution >= 0.6 is 0 Å². The highest BCUT2D eigenvalue weighted by Crippen LogP contribution is 2.39. The lowest BCUT2D eigenvalue weighted by molar-refractivity contribution is -0.142. The Morgan fingerprint density at radius 2 is 1.86 bits per heavy atom. The number of aromatic nitrogens is 2. The zero-order chi connectivity index (χ0) is 20.0. The quantitative estimate of drug-likeness (QED) is 0.736. The predicted molar refractivity (Wildman–Crippen MR) is 103 cm³/mol. The highest BCUT2D eigenvalue weighted by molar-refractivity contribution is 5.97. The smallest absolute Gasteiger partial charge is 0.326 e. The van der Waals surface area contributed by atoms with Crippen LogP contribution < -0.4 is 0 Å². The van der Waals surface area contributed by atoms with Crippen molar-refractivity contribution in [2.45, 2.75) is 37.8 Å². The average Bonchev–Trinajstić information content (AvgIpc) is 3.48. The molecule has 0 spiro atoms. The molecule has 1 aliphatic carbocycles. The summed E-state index contributed by atoms with van der Waals surface area (Å²) in [5, 5.41) is 13.7. The lowest BCUT2D eigenvalue weighted by Gasteiger charge is -2.34. The monoisotopic (exact) mass is 389 g/mol. The molecule has 0 radical (unpaired) electrons. The number of nitrogens with zero attached hydrogens (tertiary/aromatic N) is 3. The Labute approximate surface area is 167 Å². The lowest BCUT2D eigenvalue weighted by Crippen LogP contribution is -2.48. The Hall–Kier alpha value is -3.48. The third kappa shape index (κ3) is 3.29. The topological polar surface area (TPSA) is 96.5 Å². The molecule has 1 aromatic heterocycles. The molecule has 1 aliphatic heterocycles. The molecule has 7 heteroatoms. The summed E-state index contributed by atoms with van der Waals surface area (Å²) in [7, 11) is 0. The number of carbonyl (C=O) groups excluding carboxylic acids is 1. The fourth-order valence-electron chi connectivity index (χ4n) is 3.76. The van der Waals surface area contributed by atoms with Crippen LogP contribution in [0.3, 0.4) is 0 Å². The van der Waals surface area contributed by atoms with Crippen LogP contribution in [0.5, 0.6) is 0 Å². The average molecular weight is 389 g/mol. The SMILES string of the molecule is O=C(O)C1Cc2ccccc2CN1C(=O)c1cccc(-c2noc(C3CC3)n2)c1. The summed E-state index contributed by atoms with van der Waals surface area (Å²) in [6, 6.07) is 13.7. The van der Waals surface area contributed by atoms with Gasteiger partial charge in [0.1, 0.15) is 6.04 Å². The third-order valence-electron chi connectivity index (χ3n) is 5.53. The molecule has 2 aliphatic rings. The molecule has 1 saturated carbocycles. The van der Waals surface area contributed by atoms with E-state index in [4.69, 9.17) is 4.52 Å². The van der Waals surface area contributed by atoms with Gasteiger partial charge in [0.2, 0.25) is 11.7 Å². The molecule has 1 fully saturated rings. The van der Waals surface area contributed by atoms with Crippen molar-refractivity contribution in [3.8, 4) is 11.4 Å². The first-order valence-corrected chi connectivity index (χ1v) is 9.65. The summed E-state index contributed by atoms with van der Waals surface area (Å²) in [4.78, 5) is 30.9. The second-order valence-corrected chi connectivity index (χ2v) is 7.57. The van der Waals surface area contributed by atoms with Gasteiger partial charge in [-0.1, -0.05) is 41.6 Å². The summed E-state index contributed by atoms with van der Waals surface area (Å²) in [6.45, 7) is 0.268. The zero-order valence-electron chi connectivity index (χ0n) is 15.6. The lowest BCUT2D eigenvalue weighted by atomic mass is 9.93. The van der Waals surface area contributed by atoms with Gasteiger partial charge in [0.25, 0.3) is 5.91 Å². The summed E-state index contributed by atoms with van der Waals surface area (Å²) in [6.07, 6.45) is 2.42. The molecule has 146 valence electrons. The number of carboxylic acid groups (broad SMARTS) is 1. The minimum absolute atomic E-state index is 0.268. The van der Waals surface area contributed by atoms with E-state index in [-0.39, 0.29) is 12.5 Å². The minimum atomic E-state index is -1.00. The highest BCUT2D eigenvalue weighted by atomic mass is 16.5. The van der Waals surface area contributed by atoms with Gasteiger partial charge in [0.15, 0.2) is 0 Å². The van der Waals surface area contributed by atoms with Crippen LogP contribution in [0.25, 0.3) is 11.4 Å². The van der Waals surface area contributed by atoms with Gasteiger partial charge < -0.3 is 14.5 Å². The van der Waals surface area contributed by atoms with Gasteiger partial charge in [0.05, 0.1) is 0 Å². The molecule has 0 bridgehead atoms. The van der Waals surface area contributed by atoms with E-state index in [0.29, 0.717) is 35.2 Å². The van der Waals surface area contributed by atoms with Gasteiger partial charge in [-0.15, -0.1) is 0 Å². The number of rotatable bonds is 4. The molecule has 2 heterocycles. The Kier molecular flexibility index (Phi) is 4.16. The summed E-state index contributed by atoms with van der Waals surface area (Å²) >= 11 is 0. The molecule has 3 aromatic rings. The van der Waals surface area contributed by atoms with Crippen LogP contribution in [-0.4, -0.2) is 38.1 Å². The van der Waals surface area contributed by atoms with E-state index in [1.807, 2.05) is 30.3 Å². The molecular formula is C22H19N3O4. The number of carboxylic acids is 1. The van der Waals surface area contributed by atoms with E-state index in [9.17, 15) is 14.7 Å². The van der Waals surface area contributed by atoms with Gasteiger partial charge >= 0.3 is 5.97 Å². The van der Waals surface area contributed by atoms with Crippen molar-refractivity contribution in [1.82, 2.24) is 15.0 Å². The van der Waals surface area contributed by atoms with Gasteiger partial charge in [-0.25, -0.2) is 4.79 Å². The van der Waals surface area contributed by atoms with Gasteiger partial charge in [0, 0.05) is 30.0 Å². The first kappa shape index (κ1) is 17.6. The largest absolute Gasteiger partial charge is 0.480 e. The molecule has 1 unspecified atom stereocenters. The number of aliphatic carboxylic acids is 1. The molecular weight excluding hydrogens is 370 g/mol. The molecule has 7 nitrogen and oxygen atoms in total. The van der Waals surface area contributed by atoms with E-state index >= 15 is 0 Å². The third-order valence-corrected chi connectivity index (χ3v) is 5.53. The summed E-state index contributed by atoms with van der Waals surface area (Å²) < 4.78 is 5.31. The zero-order valence-corrected chi connectivity index (χ0v) is 15.6. The molecule has 29 heavy (non-hydrogen) atoms. The van der Waals surface area contributed by atoms with Gasteiger partial charge in [-0.05, 0) is 36.1 Å². The number of hydrogen-bond acceptors (Lipinski definition) is 5. The summed E-state index contributed by atoms with van der Waals surface area (Å²) in [5.41, 5.74) is 3.03. The van der Waals surface area contributed by atoms with Crippen LogP contribution in [0.4, 0.5) is 0 Å². The number of carbonyl (C=O) groups is 2. The van der Waals surface area contributed by atoms with Crippen molar-refractivity contribution in [1.29, 1.82) is 0 Å². The van der Waals surface area contributed by atoms with E-state index < -0.39 is 12.0 Å². The van der Waals surface area contributed by atoms with Crippen molar-refractivity contribution >= 4 is 11.9 Å². The number of hydrogen-bond donors (Lipinski definition) is 1. The first-order valence-electron chi connectivity index (χ1n) is 9.65. The van der Waals surface area contributed by atoms with Gasteiger partial charge in [-0.2, -0.15) is 4.98 Å². The van der Waals surface area contributed by atoms with Crippen molar-refractivity contribution in [3.05, 3.63) is 71.1 Å². The molecule has 0 saturated heterocycles. The van der Waals surface area contributed by atoms with Crippen LogP contribution in [-0.2, 0) is 17.8 Å². The second kappa shape index (κ2) is 6.84. The fourth-order valence-corrected chi connectivity index (χ4v) is 3.76. The van der Waals surface area contributed by atoms with E-state index in [1.54, 1.807) is 18.2 Å². The van der Waals surface area contributed by atoms with E-state index in [1.165, 1.54) is 4.90 Å². The van der Waals surface area contributed by atoms with E-state index in [2.05, 4.69) is 10.1 Å².